The zero-order valence-corrected chi connectivity index (χ0v) is 24.6. The Bertz CT molecular complexity index is 1410. The van der Waals surface area contributed by atoms with Crippen molar-refractivity contribution in [2.24, 2.45) is 5.92 Å². The predicted octanol–water partition coefficient (Wildman–Crippen LogP) is 4.54. The summed E-state index contributed by atoms with van der Waals surface area (Å²) in [6.07, 6.45) is 2.38. The largest absolute Gasteiger partial charge is 0.493 e. The Balaban J connectivity index is 0.955. The number of nitrogens with one attached hydrogen (secondary N) is 1. The molecule has 0 aliphatic carbocycles. The first-order chi connectivity index (χ1) is 21.0. The molecule has 3 heterocycles. The number of amides is 3. The third-order valence-corrected chi connectivity index (χ3v) is 8.69. The molecule has 0 spiro atoms. The van der Waals surface area contributed by atoms with E-state index in [-0.39, 0.29) is 17.8 Å². The molecule has 0 bridgehead atoms. The van der Waals surface area contributed by atoms with Gasteiger partial charge in [-0.3, -0.25) is 14.6 Å². The van der Waals surface area contributed by atoms with Crippen LogP contribution in [-0.4, -0.2) is 80.7 Å². The number of piperidine rings is 1. The van der Waals surface area contributed by atoms with E-state index in [0.29, 0.717) is 44.3 Å². The molecule has 226 valence electrons. The SMILES string of the molecule is O=C(Cc1ccc(N2CCNC2=O)cc1)N1CCCC(COc2cccc(CN3CCN(c4ccccc4F)CC3)c2)C1. The third-order valence-electron chi connectivity index (χ3n) is 8.69. The van der Waals surface area contributed by atoms with Gasteiger partial charge in [-0.25, -0.2) is 9.18 Å². The predicted molar refractivity (Wildman–Crippen MR) is 166 cm³/mol. The highest BCUT2D eigenvalue weighted by molar-refractivity contribution is 5.94. The summed E-state index contributed by atoms with van der Waals surface area (Å²) in [6, 6.07) is 22.9. The van der Waals surface area contributed by atoms with Crippen LogP contribution in [0, 0.1) is 11.7 Å². The molecule has 9 heteroatoms. The minimum atomic E-state index is -0.161. The van der Waals surface area contributed by atoms with Gasteiger partial charge in [0.15, 0.2) is 0 Å². The lowest BCUT2D eigenvalue weighted by molar-refractivity contribution is -0.132. The van der Waals surface area contributed by atoms with Gasteiger partial charge in [0.05, 0.1) is 18.7 Å². The van der Waals surface area contributed by atoms with E-state index in [1.165, 1.54) is 11.6 Å². The topological polar surface area (TPSA) is 68.4 Å². The minimum absolute atomic E-state index is 0.0754. The van der Waals surface area contributed by atoms with Crippen molar-refractivity contribution in [1.82, 2.24) is 15.1 Å². The molecule has 0 radical (unpaired) electrons. The quantitative estimate of drug-likeness (QED) is 0.400. The van der Waals surface area contributed by atoms with Crippen molar-refractivity contribution < 1.29 is 18.7 Å². The van der Waals surface area contributed by atoms with Crippen LogP contribution in [-0.2, 0) is 17.8 Å². The molecule has 0 saturated carbocycles. The second-order valence-electron chi connectivity index (χ2n) is 11.7. The minimum Gasteiger partial charge on any atom is -0.493 e. The molecule has 1 N–H and O–H groups in total. The van der Waals surface area contributed by atoms with Crippen LogP contribution < -0.4 is 19.9 Å². The zero-order valence-electron chi connectivity index (χ0n) is 24.6. The molecule has 3 amide bonds. The van der Waals surface area contributed by atoms with Crippen molar-refractivity contribution in [2.75, 3.05) is 68.8 Å². The standard InChI is InChI=1S/C34H40FN5O3/c35-31-8-1-2-9-32(31)38-19-17-37(18-20-38)23-27-5-3-7-30(21-27)43-25-28-6-4-15-39(24-28)33(41)22-26-10-12-29(13-11-26)40-16-14-36-34(40)42/h1-3,5,7-13,21,28H,4,6,14-20,22-25H2,(H,36,42). The maximum absolute atomic E-state index is 14.2. The highest BCUT2D eigenvalue weighted by atomic mass is 19.1. The van der Waals surface area contributed by atoms with E-state index in [2.05, 4.69) is 27.2 Å². The highest BCUT2D eigenvalue weighted by Gasteiger charge is 2.25. The Morgan fingerprint density at radius 1 is 0.907 bits per heavy atom. The number of halogens is 1. The number of ether oxygens (including phenoxy) is 1. The number of benzene rings is 3. The second kappa shape index (κ2) is 13.5. The number of para-hydroxylation sites is 1. The summed E-state index contributed by atoms with van der Waals surface area (Å²) >= 11 is 0. The van der Waals surface area contributed by atoms with Gasteiger partial charge in [0.25, 0.3) is 0 Å². The Morgan fingerprint density at radius 2 is 1.72 bits per heavy atom. The normalized spacial score (nSPS) is 19.4. The molecular formula is C34H40FN5O3. The van der Waals surface area contributed by atoms with E-state index in [9.17, 15) is 14.0 Å². The van der Waals surface area contributed by atoms with E-state index in [0.717, 1.165) is 69.1 Å². The van der Waals surface area contributed by atoms with Crippen LogP contribution in [0.2, 0.25) is 0 Å². The van der Waals surface area contributed by atoms with Crippen molar-refractivity contribution >= 4 is 23.3 Å². The van der Waals surface area contributed by atoms with Crippen LogP contribution in [0.15, 0.2) is 72.8 Å². The average Bonchev–Trinajstić information content (AvgIpc) is 3.47. The number of carbonyl (C=O) groups excluding carboxylic acids is 2. The van der Waals surface area contributed by atoms with Crippen molar-refractivity contribution in [2.45, 2.75) is 25.8 Å². The van der Waals surface area contributed by atoms with E-state index in [1.807, 2.05) is 53.4 Å². The number of likely N-dealkylation sites (tertiary alicyclic amines) is 1. The molecular weight excluding hydrogens is 545 g/mol. The van der Waals surface area contributed by atoms with Gasteiger partial charge in [-0.15, -0.1) is 0 Å². The van der Waals surface area contributed by atoms with E-state index >= 15 is 0 Å². The second-order valence-corrected chi connectivity index (χ2v) is 11.7. The van der Waals surface area contributed by atoms with Gasteiger partial charge >= 0.3 is 6.03 Å². The number of piperazine rings is 1. The lowest BCUT2D eigenvalue weighted by Gasteiger charge is -2.36. The van der Waals surface area contributed by atoms with Gasteiger partial charge < -0.3 is 19.9 Å². The average molecular weight is 586 g/mol. The maximum Gasteiger partial charge on any atom is 0.321 e. The smallest absolute Gasteiger partial charge is 0.321 e. The first-order valence-electron chi connectivity index (χ1n) is 15.4. The van der Waals surface area contributed by atoms with Crippen LogP contribution in [0.1, 0.15) is 24.0 Å². The molecule has 1 unspecified atom stereocenters. The summed E-state index contributed by atoms with van der Waals surface area (Å²) < 4.78 is 20.4. The number of hydrogen-bond donors (Lipinski definition) is 1. The fourth-order valence-corrected chi connectivity index (χ4v) is 6.29. The molecule has 1 atom stereocenters. The summed E-state index contributed by atoms with van der Waals surface area (Å²) in [6.45, 7) is 7.58. The lowest BCUT2D eigenvalue weighted by Crippen LogP contribution is -2.46. The van der Waals surface area contributed by atoms with Crippen LogP contribution in [0.25, 0.3) is 0 Å². The Morgan fingerprint density at radius 3 is 2.49 bits per heavy atom. The summed E-state index contributed by atoms with van der Waals surface area (Å²) in [5.74, 6) is 1.13. The van der Waals surface area contributed by atoms with Gasteiger partial charge in [-0.2, -0.15) is 0 Å². The van der Waals surface area contributed by atoms with Crippen LogP contribution in [0.3, 0.4) is 0 Å². The van der Waals surface area contributed by atoms with E-state index in [4.69, 9.17) is 4.74 Å². The van der Waals surface area contributed by atoms with Crippen LogP contribution >= 0.6 is 0 Å². The Labute approximate surface area is 253 Å². The molecule has 3 aromatic rings. The number of urea groups is 1. The van der Waals surface area contributed by atoms with Crippen molar-refractivity contribution in [3.8, 4) is 5.75 Å². The van der Waals surface area contributed by atoms with Crippen molar-refractivity contribution in [1.29, 1.82) is 0 Å². The summed E-state index contributed by atoms with van der Waals surface area (Å²) in [5, 5.41) is 2.81. The molecule has 3 aliphatic rings. The van der Waals surface area contributed by atoms with E-state index in [1.54, 1.807) is 11.0 Å². The molecule has 8 nitrogen and oxygen atoms in total. The molecule has 43 heavy (non-hydrogen) atoms. The van der Waals surface area contributed by atoms with Gasteiger partial charge in [0, 0.05) is 70.5 Å². The number of anilines is 2. The number of hydrogen-bond acceptors (Lipinski definition) is 5. The van der Waals surface area contributed by atoms with Gasteiger partial charge in [-0.1, -0.05) is 36.4 Å². The lowest BCUT2D eigenvalue weighted by atomic mass is 9.98. The first kappa shape index (κ1) is 29.0. The molecule has 6 rings (SSSR count). The van der Waals surface area contributed by atoms with Crippen LogP contribution in [0.4, 0.5) is 20.6 Å². The molecule has 3 aromatic carbocycles. The number of rotatable bonds is 9. The maximum atomic E-state index is 14.2. The summed E-state index contributed by atoms with van der Waals surface area (Å²) in [4.78, 5) is 33.2. The van der Waals surface area contributed by atoms with Gasteiger partial charge in [0.2, 0.25) is 5.91 Å². The van der Waals surface area contributed by atoms with Crippen molar-refractivity contribution in [3.63, 3.8) is 0 Å². The summed E-state index contributed by atoms with van der Waals surface area (Å²) in [5.41, 5.74) is 3.70. The first-order valence-corrected chi connectivity index (χ1v) is 15.4. The van der Waals surface area contributed by atoms with Gasteiger partial charge in [-0.05, 0) is 60.4 Å². The molecule has 3 aliphatic heterocycles. The molecule has 0 aromatic heterocycles. The Hall–Kier alpha value is -4.11. The Kier molecular flexibility index (Phi) is 9.07. The zero-order chi connectivity index (χ0) is 29.6. The van der Waals surface area contributed by atoms with Crippen molar-refractivity contribution in [3.05, 3.63) is 89.7 Å². The number of nitrogens with zero attached hydrogens (tertiary/aromatic N) is 4. The van der Waals surface area contributed by atoms with Crippen LogP contribution in [0.5, 0.6) is 5.75 Å². The molecule has 3 fully saturated rings. The summed E-state index contributed by atoms with van der Waals surface area (Å²) in [7, 11) is 0. The third kappa shape index (κ3) is 7.28. The van der Waals surface area contributed by atoms with Gasteiger partial charge in [0.1, 0.15) is 11.6 Å². The van der Waals surface area contributed by atoms with E-state index < -0.39 is 0 Å². The fraction of sp³-hybridized carbons (Fsp3) is 0.412. The molecule has 3 saturated heterocycles. The fourth-order valence-electron chi connectivity index (χ4n) is 6.29. The highest BCUT2D eigenvalue weighted by Crippen LogP contribution is 2.24. The number of carbonyl (C=O) groups is 2. The monoisotopic (exact) mass is 585 g/mol.